The Labute approximate surface area is 473 Å². The second-order valence-electron chi connectivity index (χ2n) is 18.5. The number of allylic oxidation sites excluding steroid dienone is 2. The van der Waals surface area contributed by atoms with Crippen LogP contribution in [0.2, 0.25) is 0 Å². The summed E-state index contributed by atoms with van der Waals surface area (Å²) in [5, 5.41) is 78.6. The molecule has 2 saturated heterocycles. The van der Waals surface area contributed by atoms with E-state index in [2.05, 4.69) is 25.1 Å². The van der Waals surface area contributed by atoms with E-state index < -0.39 is 66.5 Å². The Morgan fingerprint density at radius 1 is 0.582 bits per heavy atom. The number of benzene rings is 2. The molecule has 434 valence electrons. The van der Waals surface area contributed by atoms with Crippen LogP contribution in [0.5, 0.6) is 5.75 Å². The first-order valence-corrected chi connectivity index (χ1v) is 29.7. The summed E-state index contributed by atoms with van der Waals surface area (Å²) in [5.41, 5.74) is 6.50. The first-order valence-electron chi connectivity index (χ1n) is 26.1. The van der Waals surface area contributed by atoms with Crippen LogP contribution in [0.3, 0.4) is 0 Å². The summed E-state index contributed by atoms with van der Waals surface area (Å²) in [6, 6.07) is 12.0. The minimum Gasteiger partial charge on any atom is -0.491 e. The Kier molecular flexibility index (Phi) is 24.4. The lowest BCUT2D eigenvalue weighted by Gasteiger charge is -2.39. The number of fused-ring (bicyclic) bond motifs is 2. The van der Waals surface area contributed by atoms with Crippen LogP contribution in [0, 0.1) is 13.8 Å². The van der Waals surface area contributed by atoms with Crippen molar-refractivity contribution in [3.05, 3.63) is 70.8 Å². The van der Waals surface area contributed by atoms with Crippen LogP contribution in [-0.2, 0) is 42.6 Å². The summed E-state index contributed by atoms with van der Waals surface area (Å²) < 4.78 is 66.1. The van der Waals surface area contributed by atoms with E-state index in [1.165, 1.54) is 40.1 Å². The molecule has 0 radical (unpaired) electrons. The van der Waals surface area contributed by atoms with Gasteiger partial charge in [-0.2, -0.15) is 8.75 Å². The Morgan fingerprint density at radius 2 is 1.15 bits per heavy atom. The number of rotatable bonds is 32. The van der Waals surface area contributed by atoms with Gasteiger partial charge >= 0.3 is 0 Å². The molecule has 2 aliphatic heterocycles. The van der Waals surface area contributed by atoms with Gasteiger partial charge in [0.15, 0.2) is 6.29 Å². The van der Waals surface area contributed by atoms with Gasteiger partial charge in [0.25, 0.3) is 0 Å². The lowest BCUT2D eigenvalue weighted by molar-refractivity contribution is -0.261. The van der Waals surface area contributed by atoms with E-state index >= 15 is 0 Å². The number of ether oxygens (including phenoxy) is 10. The van der Waals surface area contributed by atoms with Crippen molar-refractivity contribution in [1.29, 1.82) is 0 Å². The summed E-state index contributed by atoms with van der Waals surface area (Å²) in [6.45, 7) is 8.78. The molecule has 8 rings (SSSR count). The van der Waals surface area contributed by atoms with Gasteiger partial charge in [-0.25, -0.2) is 9.97 Å². The SMILES string of the molecule is Cc1ccc(-c2c3nsnc3c(C)c3nc(-c4ccc(OCCOCCOCCOCCSC5OC(O)C(O)C(O)C5O)cc4)c(C4=CCC(OCCOCCOCCOCCSC5OC(CO)C(O)C(O)C5O)C=C4)nc23)s1. The highest BCUT2D eigenvalue weighted by Crippen LogP contribution is 2.42. The lowest BCUT2D eigenvalue weighted by Crippen LogP contribution is -2.57. The Bertz CT molecular complexity index is 2720. The van der Waals surface area contributed by atoms with Gasteiger partial charge in [0.05, 0.1) is 127 Å². The van der Waals surface area contributed by atoms with Gasteiger partial charge in [-0.1, -0.05) is 18.2 Å². The summed E-state index contributed by atoms with van der Waals surface area (Å²) in [5.74, 6) is 1.58. The largest absolute Gasteiger partial charge is 0.491 e. The standard InChI is InChI=1S/C53H70N4O18S4/c1-30-3-12-37(78-30)38-43-39(31(2)40-44(38)57-79-56-40)54-41(32-4-8-34(9-5-32)72-23-21-68-16-14-67-18-20-71-26-28-77-53-50(64)47(61)48(62)51(65)75-53)42(55-43)33-6-10-35(11-7-33)73-24-22-69-15-13-66-17-19-70-25-27-76-52-49(63)46(60)45(59)36(29-58)74-52/h3-10,12,35-36,45-53,58-65H,11,13-29H2,1-2H3. The molecule has 2 fully saturated rings. The Balaban J connectivity index is 0.771. The zero-order valence-electron chi connectivity index (χ0n) is 43.9. The molecule has 0 saturated carbocycles. The summed E-state index contributed by atoms with van der Waals surface area (Å²) in [6.07, 6.45) is -4.27. The molecule has 1 aliphatic carbocycles. The molecular weight excluding hydrogens is 1110 g/mol. The third-order valence-electron chi connectivity index (χ3n) is 13.0. The quantitative estimate of drug-likeness (QED) is 0.0287. The van der Waals surface area contributed by atoms with Crippen molar-refractivity contribution in [3.63, 3.8) is 0 Å². The van der Waals surface area contributed by atoms with E-state index in [1.54, 1.807) is 11.3 Å². The van der Waals surface area contributed by atoms with E-state index in [-0.39, 0.29) is 6.10 Å². The molecule has 3 aliphatic rings. The Morgan fingerprint density at radius 3 is 1.75 bits per heavy atom. The molecule has 22 nitrogen and oxygen atoms in total. The second kappa shape index (κ2) is 31.3. The van der Waals surface area contributed by atoms with Gasteiger partial charge in [0.2, 0.25) is 0 Å². The first kappa shape index (κ1) is 61.7. The van der Waals surface area contributed by atoms with Crippen LogP contribution in [0.1, 0.15) is 22.6 Å². The minimum absolute atomic E-state index is 0.161. The van der Waals surface area contributed by atoms with Crippen molar-refractivity contribution in [2.45, 2.75) is 86.3 Å². The van der Waals surface area contributed by atoms with Crippen LogP contribution in [-0.4, -0.2) is 236 Å². The number of aromatic nitrogens is 4. The lowest BCUT2D eigenvalue weighted by atomic mass is 9.96. The molecule has 26 heteroatoms. The molecular formula is C53H70N4O18S4. The number of hydrogen-bond acceptors (Lipinski definition) is 26. The van der Waals surface area contributed by atoms with Crippen molar-refractivity contribution in [2.24, 2.45) is 0 Å². The number of aliphatic hydroxyl groups is 8. The normalized spacial score (nSPS) is 25.4. The molecule has 79 heavy (non-hydrogen) atoms. The average Bonchev–Trinajstić information content (AvgIpc) is 4.31. The van der Waals surface area contributed by atoms with E-state index in [0.717, 1.165) is 54.9 Å². The van der Waals surface area contributed by atoms with Crippen LogP contribution < -0.4 is 4.74 Å². The predicted octanol–water partition coefficient (Wildman–Crippen LogP) is 2.88. The van der Waals surface area contributed by atoms with Gasteiger partial charge < -0.3 is 88.2 Å². The molecule has 11 atom stereocenters. The monoisotopic (exact) mass is 1180 g/mol. The molecule has 2 aromatic carbocycles. The van der Waals surface area contributed by atoms with Gasteiger partial charge in [-0.15, -0.1) is 34.9 Å². The average molecular weight is 1180 g/mol. The molecule has 0 amide bonds. The number of hydrogen-bond donors (Lipinski definition) is 8. The van der Waals surface area contributed by atoms with E-state index in [9.17, 15) is 40.9 Å². The molecule has 11 unspecified atom stereocenters. The van der Waals surface area contributed by atoms with Crippen LogP contribution >= 0.6 is 46.6 Å². The summed E-state index contributed by atoms with van der Waals surface area (Å²) in [4.78, 5) is 13.1. The maximum atomic E-state index is 10.2. The third-order valence-corrected chi connectivity index (χ3v) is 16.8. The van der Waals surface area contributed by atoms with Crippen molar-refractivity contribution in [3.8, 4) is 27.4 Å². The highest BCUT2D eigenvalue weighted by atomic mass is 32.2. The van der Waals surface area contributed by atoms with Crippen LogP contribution in [0.15, 0.2) is 54.6 Å². The van der Waals surface area contributed by atoms with Gasteiger partial charge in [0.1, 0.15) is 82.5 Å². The zero-order chi connectivity index (χ0) is 55.7. The fourth-order valence-electron chi connectivity index (χ4n) is 8.69. The minimum atomic E-state index is -1.57. The first-order chi connectivity index (χ1) is 38.4. The zero-order valence-corrected chi connectivity index (χ0v) is 47.1. The van der Waals surface area contributed by atoms with Gasteiger partial charge in [0, 0.05) is 38.0 Å². The molecule has 3 aromatic heterocycles. The van der Waals surface area contributed by atoms with Crippen molar-refractivity contribution in [1.82, 2.24) is 18.7 Å². The van der Waals surface area contributed by atoms with Crippen LogP contribution in [0.4, 0.5) is 0 Å². The number of aryl methyl sites for hydroxylation is 2. The number of thioether (sulfide) groups is 2. The number of nitrogens with zero attached hydrogens (tertiary/aromatic N) is 4. The van der Waals surface area contributed by atoms with Crippen molar-refractivity contribution in [2.75, 3.05) is 111 Å². The predicted molar refractivity (Wildman–Crippen MR) is 298 cm³/mol. The van der Waals surface area contributed by atoms with E-state index in [4.69, 9.17) is 66.1 Å². The van der Waals surface area contributed by atoms with Crippen LogP contribution in [0.25, 0.3) is 49.3 Å². The number of thiophene rings is 1. The van der Waals surface area contributed by atoms with Crippen molar-refractivity contribution < 1.29 is 88.2 Å². The third kappa shape index (κ3) is 16.7. The van der Waals surface area contributed by atoms with E-state index in [1.807, 2.05) is 43.3 Å². The van der Waals surface area contributed by atoms with Gasteiger partial charge in [-0.3, -0.25) is 0 Å². The molecule has 5 aromatic rings. The highest BCUT2D eigenvalue weighted by molar-refractivity contribution is 8.00. The topological polar surface area (TPSA) is 306 Å². The van der Waals surface area contributed by atoms with Gasteiger partial charge in [-0.05, 0) is 62.2 Å². The molecule has 5 heterocycles. The molecule has 0 bridgehead atoms. The molecule has 8 N–H and O–H groups in total. The summed E-state index contributed by atoms with van der Waals surface area (Å²) in [7, 11) is 0. The number of aliphatic hydroxyl groups excluding tert-OH is 8. The highest BCUT2D eigenvalue weighted by Gasteiger charge is 2.44. The maximum absolute atomic E-state index is 10.2. The second-order valence-corrected chi connectivity index (χ2v) is 22.7. The molecule has 0 spiro atoms. The van der Waals surface area contributed by atoms with Crippen molar-refractivity contribution >= 4 is 74.2 Å². The Hall–Kier alpha value is -3.40. The summed E-state index contributed by atoms with van der Waals surface area (Å²) >= 11 is 5.27. The smallest absolute Gasteiger partial charge is 0.185 e. The van der Waals surface area contributed by atoms with E-state index in [0.29, 0.717) is 122 Å². The fourth-order valence-corrected chi connectivity index (χ4v) is 12.2. The fraction of sp³-hybridized carbons (Fsp3) is 0.585. The maximum Gasteiger partial charge on any atom is 0.185 e.